The molecule has 0 aromatic rings. The lowest BCUT2D eigenvalue weighted by atomic mass is 10.1. The molecule has 0 saturated heterocycles. The highest BCUT2D eigenvalue weighted by molar-refractivity contribution is 5.81. The van der Waals surface area contributed by atoms with Gasteiger partial charge in [-0.05, 0) is 13.3 Å². The van der Waals surface area contributed by atoms with E-state index in [1.807, 2.05) is 6.92 Å². The Kier molecular flexibility index (Phi) is 6.27. The summed E-state index contributed by atoms with van der Waals surface area (Å²) >= 11 is 0. The maximum atomic E-state index is 8.76. The first-order chi connectivity index (χ1) is 6.29. The van der Waals surface area contributed by atoms with Crippen LogP contribution < -0.4 is 0 Å². The molecule has 1 unspecified atom stereocenters. The highest BCUT2D eigenvalue weighted by Gasteiger charge is 2.15. The maximum absolute atomic E-state index is 8.76. The van der Waals surface area contributed by atoms with Crippen molar-refractivity contribution in [1.82, 2.24) is 0 Å². The van der Waals surface area contributed by atoms with Crippen LogP contribution in [0.2, 0.25) is 0 Å². The van der Waals surface area contributed by atoms with Crippen molar-refractivity contribution in [1.29, 1.82) is 10.5 Å². The van der Waals surface area contributed by atoms with Crippen LogP contribution >= 0.6 is 0 Å². The van der Waals surface area contributed by atoms with Crippen molar-refractivity contribution in [2.75, 3.05) is 6.61 Å². The number of nitriles is 2. The molecule has 0 rings (SSSR count). The Morgan fingerprint density at radius 1 is 1.46 bits per heavy atom. The molecule has 0 aliphatic carbocycles. The van der Waals surface area contributed by atoms with E-state index in [0.29, 0.717) is 13.0 Å². The van der Waals surface area contributed by atoms with Crippen molar-refractivity contribution in [3.8, 4) is 12.3 Å². The molecule has 0 fully saturated rings. The first-order valence-corrected chi connectivity index (χ1v) is 4.29. The summed E-state index contributed by atoms with van der Waals surface area (Å²) in [5, 5.41) is 17.1. The minimum Gasteiger partial charge on any atom is -0.480 e. The van der Waals surface area contributed by atoms with E-state index in [0.717, 1.165) is 6.42 Å². The fraction of sp³-hybridized carbons (Fsp3) is 0.667. The predicted octanol–water partition coefficient (Wildman–Crippen LogP) is 1.84. The third-order valence-corrected chi connectivity index (χ3v) is 1.48. The lowest BCUT2D eigenvalue weighted by Gasteiger charge is -2.09. The Bertz CT molecular complexity index is 247. The van der Waals surface area contributed by atoms with E-state index >= 15 is 0 Å². The number of nitrogens with zero attached hydrogens (tertiary/aromatic N) is 3. The molecule has 0 aromatic heterocycles. The predicted molar refractivity (Wildman–Crippen MR) is 48.7 cm³/mol. The second kappa shape index (κ2) is 7.12. The Morgan fingerprint density at radius 3 is 2.54 bits per heavy atom. The van der Waals surface area contributed by atoms with Gasteiger partial charge < -0.3 is 4.74 Å². The molecule has 13 heavy (non-hydrogen) atoms. The molecule has 0 radical (unpaired) electrons. The summed E-state index contributed by atoms with van der Waals surface area (Å²) in [5.41, 5.74) is 0. The van der Waals surface area contributed by atoms with Crippen LogP contribution in [0.3, 0.4) is 0 Å². The highest BCUT2D eigenvalue weighted by Crippen LogP contribution is 2.08. The number of aliphatic imine (C=N–C) groups is 1. The smallest absolute Gasteiger partial charge is 0.216 e. The normalized spacial score (nSPS) is 12.8. The van der Waals surface area contributed by atoms with E-state index in [1.54, 1.807) is 13.1 Å². The Balaban J connectivity index is 4.43. The fourth-order valence-electron chi connectivity index (χ4n) is 0.940. The average Bonchev–Trinajstić information content (AvgIpc) is 2.14. The molecule has 1 atom stereocenters. The van der Waals surface area contributed by atoms with Crippen LogP contribution in [-0.2, 0) is 4.74 Å². The van der Waals surface area contributed by atoms with E-state index < -0.39 is 0 Å². The van der Waals surface area contributed by atoms with Crippen LogP contribution in [0.4, 0.5) is 0 Å². The van der Waals surface area contributed by atoms with Crippen LogP contribution in [0.25, 0.3) is 0 Å². The molecule has 0 N–H and O–H groups in total. The van der Waals surface area contributed by atoms with Gasteiger partial charge in [0, 0.05) is 0 Å². The summed E-state index contributed by atoms with van der Waals surface area (Å²) in [6, 6.07) is 2.07. The van der Waals surface area contributed by atoms with E-state index in [4.69, 9.17) is 15.3 Å². The van der Waals surface area contributed by atoms with Crippen molar-refractivity contribution in [2.45, 2.75) is 26.7 Å². The monoisotopic (exact) mass is 179 g/mol. The molecule has 0 heterocycles. The zero-order valence-electron chi connectivity index (χ0n) is 7.95. The van der Waals surface area contributed by atoms with Gasteiger partial charge >= 0.3 is 0 Å². The summed E-state index contributed by atoms with van der Waals surface area (Å²) in [5.74, 6) is -0.140. The largest absolute Gasteiger partial charge is 0.480 e. The van der Waals surface area contributed by atoms with Crippen LogP contribution in [0, 0.1) is 28.7 Å². The number of hydrogen-bond donors (Lipinski definition) is 0. The van der Waals surface area contributed by atoms with Crippen LogP contribution in [0.5, 0.6) is 0 Å². The van der Waals surface area contributed by atoms with Crippen molar-refractivity contribution in [3.05, 3.63) is 0 Å². The Morgan fingerprint density at radius 2 is 2.15 bits per heavy atom. The molecule has 0 saturated carbocycles. The quantitative estimate of drug-likeness (QED) is 0.375. The van der Waals surface area contributed by atoms with Gasteiger partial charge in [0.1, 0.15) is 5.92 Å². The molecular weight excluding hydrogens is 166 g/mol. The van der Waals surface area contributed by atoms with E-state index in [9.17, 15) is 0 Å². The van der Waals surface area contributed by atoms with Crippen LogP contribution in [-0.4, -0.2) is 12.5 Å². The van der Waals surface area contributed by atoms with Gasteiger partial charge in [0.15, 0.2) is 0 Å². The van der Waals surface area contributed by atoms with Crippen LogP contribution in [0.15, 0.2) is 4.99 Å². The average molecular weight is 179 g/mol. The van der Waals surface area contributed by atoms with E-state index in [-0.39, 0.29) is 11.8 Å². The van der Waals surface area contributed by atoms with Gasteiger partial charge in [0.05, 0.1) is 12.7 Å². The third-order valence-electron chi connectivity index (χ3n) is 1.48. The molecule has 0 amide bonds. The number of hydrogen-bond acceptors (Lipinski definition) is 4. The lowest BCUT2D eigenvalue weighted by molar-refractivity contribution is 0.306. The van der Waals surface area contributed by atoms with Gasteiger partial charge in [-0.2, -0.15) is 10.5 Å². The van der Waals surface area contributed by atoms with Gasteiger partial charge in [-0.1, -0.05) is 13.3 Å². The summed E-state index contributed by atoms with van der Waals surface area (Å²) in [6.45, 7) is 4.20. The molecule has 0 bridgehead atoms. The molecule has 0 spiro atoms. The minimum atomic E-state index is -0.385. The Hall–Kier alpha value is -1.55. The van der Waals surface area contributed by atoms with Gasteiger partial charge in [0.25, 0.3) is 0 Å². The molecule has 0 aromatic carbocycles. The molecule has 0 aliphatic rings. The highest BCUT2D eigenvalue weighted by atomic mass is 16.5. The standard InChI is InChI=1S/C9H13N3O/c1-3-5-8(6-10)9(12-7-11)13-4-2/h8H,3-5H2,1-2H3. The summed E-state index contributed by atoms with van der Waals surface area (Å²) < 4.78 is 5.09. The summed E-state index contributed by atoms with van der Waals surface area (Å²) in [4.78, 5) is 3.48. The van der Waals surface area contributed by atoms with Gasteiger partial charge in [-0.3, -0.25) is 0 Å². The second-order valence-electron chi connectivity index (χ2n) is 2.45. The van der Waals surface area contributed by atoms with Crippen LogP contribution in [0.1, 0.15) is 26.7 Å². The van der Waals surface area contributed by atoms with Crippen molar-refractivity contribution >= 4 is 5.90 Å². The zero-order chi connectivity index (χ0) is 10.1. The minimum absolute atomic E-state index is 0.245. The van der Waals surface area contributed by atoms with Gasteiger partial charge in [0.2, 0.25) is 12.1 Å². The molecular formula is C9H13N3O. The SMILES string of the molecule is CCCC(C#N)C(=NC#N)OCC. The summed E-state index contributed by atoms with van der Waals surface area (Å²) in [6.07, 6.45) is 3.19. The first-order valence-electron chi connectivity index (χ1n) is 4.29. The van der Waals surface area contributed by atoms with Gasteiger partial charge in [-0.25, -0.2) is 0 Å². The lowest BCUT2D eigenvalue weighted by Crippen LogP contribution is -2.16. The maximum Gasteiger partial charge on any atom is 0.216 e. The first kappa shape index (κ1) is 11.4. The fourth-order valence-corrected chi connectivity index (χ4v) is 0.940. The topological polar surface area (TPSA) is 69.2 Å². The molecule has 4 nitrogen and oxygen atoms in total. The van der Waals surface area contributed by atoms with Crippen molar-refractivity contribution in [3.63, 3.8) is 0 Å². The zero-order valence-corrected chi connectivity index (χ0v) is 7.95. The number of ether oxygens (including phenoxy) is 1. The van der Waals surface area contributed by atoms with E-state index in [2.05, 4.69) is 11.1 Å². The van der Waals surface area contributed by atoms with E-state index in [1.165, 1.54) is 0 Å². The number of rotatable bonds is 4. The Labute approximate surface area is 78.5 Å². The molecule has 70 valence electrons. The summed E-state index contributed by atoms with van der Waals surface area (Å²) in [7, 11) is 0. The third kappa shape index (κ3) is 4.12. The van der Waals surface area contributed by atoms with Crippen molar-refractivity contribution < 1.29 is 4.74 Å². The second-order valence-corrected chi connectivity index (χ2v) is 2.45. The van der Waals surface area contributed by atoms with Gasteiger partial charge in [-0.15, -0.1) is 4.99 Å². The molecule has 4 heteroatoms. The van der Waals surface area contributed by atoms with Crippen molar-refractivity contribution in [2.24, 2.45) is 10.9 Å². The molecule has 0 aliphatic heterocycles.